The molecule has 2 aromatic heterocycles. The summed E-state index contributed by atoms with van der Waals surface area (Å²) in [6.45, 7) is 4.53. The minimum Gasteiger partial charge on any atom is -0.342 e. The van der Waals surface area contributed by atoms with E-state index in [4.69, 9.17) is 0 Å². The zero-order valence-corrected chi connectivity index (χ0v) is 14.1. The van der Waals surface area contributed by atoms with Gasteiger partial charge in [0.25, 0.3) is 5.91 Å². The number of nitrogens with zero attached hydrogens (tertiary/aromatic N) is 4. The molecule has 25 heavy (non-hydrogen) atoms. The van der Waals surface area contributed by atoms with Gasteiger partial charge in [0, 0.05) is 37.6 Å². The highest BCUT2D eigenvalue weighted by molar-refractivity contribution is 5.97. The van der Waals surface area contributed by atoms with Gasteiger partial charge in [0.1, 0.15) is 5.82 Å². The van der Waals surface area contributed by atoms with Crippen molar-refractivity contribution in [3.8, 4) is 0 Å². The molecule has 0 saturated carbocycles. The van der Waals surface area contributed by atoms with Crippen LogP contribution in [0.25, 0.3) is 10.9 Å². The van der Waals surface area contributed by atoms with Gasteiger partial charge in [0.05, 0.1) is 17.1 Å². The smallest absolute Gasteiger partial charge is 0.253 e. The van der Waals surface area contributed by atoms with Crippen molar-refractivity contribution in [3.63, 3.8) is 0 Å². The lowest BCUT2D eigenvalue weighted by Gasteiger charge is -2.15. The third-order valence-corrected chi connectivity index (χ3v) is 4.48. The van der Waals surface area contributed by atoms with Gasteiger partial charge in [0.15, 0.2) is 5.82 Å². The van der Waals surface area contributed by atoms with Crippen LogP contribution >= 0.6 is 0 Å². The Morgan fingerprint density at radius 2 is 2.16 bits per heavy atom. The number of aromatic nitrogens is 4. The molecule has 3 heterocycles. The van der Waals surface area contributed by atoms with Crippen LogP contribution in [0.5, 0.6) is 0 Å². The van der Waals surface area contributed by atoms with Crippen LogP contribution in [0.4, 0.5) is 0 Å². The maximum atomic E-state index is 12.6. The number of hydrogen-bond acceptors (Lipinski definition) is 5. The highest BCUT2D eigenvalue weighted by atomic mass is 16.1. The molecule has 0 bridgehead atoms. The SMILES string of the molecule is CC(NC(=O)c1cnc2ccccc2c1)c1nnc2n1CCNCC2. The fraction of sp³-hybridized carbons (Fsp3) is 0.333. The number of fused-ring (bicyclic) bond motifs is 2. The van der Waals surface area contributed by atoms with Crippen LogP contribution < -0.4 is 10.6 Å². The first-order valence-corrected chi connectivity index (χ1v) is 8.51. The number of benzene rings is 1. The third kappa shape index (κ3) is 3.10. The fourth-order valence-electron chi connectivity index (χ4n) is 3.15. The molecule has 1 unspecified atom stereocenters. The van der Waals surface area contributed by atoms with E-state index in [2.05, 4.69) is 30.4 Å². The summed E-state index contributed by atoms with van der Waals surface area (Å²) in [4.78, 5) is 17.0. The molecular weight excluding hydrogens is 316 g/mol. The largest absolute Gasteiger partial charge is 0.342 e. The Bertz CT molecular complexity index is 919. The molecule has 0 spiro atoms. The highest BCUT2D eigenvalue weighted by Crippen LogP contribution is 2.16. The molecule has 128 valence electrons. The molecule has 1 atom stereocenters. The predicted molar refractivity (Wildman–Crippen MR) is 94.2 cm³/mol. The molecule has 3 aromatic rings. The van der Waals surface area contributed by atoms with E-state index < -0.39 is 0 Å². The first-order chi connectivity index (χ1) is 12.2. The van der Waals surface area contributed by atoms with Crippen LogP contribution in [0.15, 0.2) is 36.5 Å². The predicted octanol–water partition coefficient (Wildman–Crippen LogP) is 1.46. The van der Waals surface area contributed by atoms with E-state index >= 15 is 0 Å². The summed E-state index contributed by atoms with van der Waals surface area (Å²) in [5.74, 6) is 1.60. The van der Waals surface area contributed by atoms with Gasteiger partial charge in [0.2, 0.25) is 0 Å². The third-order valence-electron chi connectivity index (χ3n) is 4.48. The maximum Gasteiger partial charge on any atom is 0.253 e. The Hall–Kier alpha value is -2.80. The van der Waals surface area contributed by atoms with Crippen LogP contribution in [-0.4, -0.2) is 38.7 Å². The highest BCUT2D eigenvalue weighted by Gasteiger charge is 2.21. The first-order valence-electron chi connectivity index (χ1n) is 8.51. The van der Waals surface area contributed by atoms with Crippen molar-refractivity contribution in [1.82, 2.24) is 30.4 Å². The van der Waals surface area contributed by atoms with E-state index in [1.807, 2.05) is 37.3 Å². The number of carbonyl (C=O) groups is 1. The summed E-state index contributed by atoms with van der Waals surface area (Å²) < 4.78 is 2.10. The lowest BCUT2D eigenvalue weighted by molar-refractivity contribution is 0.0937. The van der Waals surface area contributed by atoms with E-state index in [-0.39, 0.29) is 11.9 Å². The molecule has 0 aliphatic carbocycles. The van der Waals surface area contributed by atoms with Crippen LogP contribution in [0.2, 0.25) is 0 Å². The summed E-state index contributed by atoms with van der Waals surface area (Å²) >= 11 is 0. The van der Waals surface area contributed by atoms with Crippen LogP contribution in [-0.2, 0) is 13.0 Å². The second-order valence-electron chi connectivity index (χ2n) is 6.24. The van der Waals surface area contributed by atoms with Crippen molar-refractivity contribution in [2.45, 2.75) is 25.9 Å². The summed E-state index contributed by atoms with van der Waals surface area (Å²) in [5, 5.41) is 15.9. The lowest BCUT2D eigenvalue weighted by atomic mass is 10.1. The quantitative estimate of drug-likeness (QED) is 0.756. The average molecular weight is 336 g/mol. The van der Waals surface area contributed by atoms with Gasteiger partial charge in [-0.3, -0.25) is 9.78 Å². The molecule has 0 fully saturated rings. The Morgan fingerprint density at radius 1 is 1.28 bits per heavy atom. The van der Waals surface area contributed by atoms with E-state index in [0.29, 0.717) is 5.56 Å². The van der Waals surface area contributed by atoms with Gasteiger partial charge in [-0.05, 0) is 19.1 Å². The molecule has 0 saturated heterocycles. The van der Waals surface area contributed by atoms with E-state index in [1.165, 1.54) is 0 Å². The van der Waals surface area contributed by atoms with Crippen molar-refractivity contribution in [1.29, 1.82) is 0 Å². The molecule has 1 aliphatic rings. The van der Waals surface area contributed by atoms with Crippen molar-refractivity contribution in [2.75, 3.05) is 13.1 Å². The standard InChI is InChI=1S/C18H20N6O/c1-12(17-23-22-16-6-7-19-8-9-24(16)17)21-18(25)14-10-13-4-2-3-5-15(13)20-11-14/h2-5,10-12,19H,6-9H2,1H3,(H,21,25). The fourth-order valence-corrected chi connectivity index (χ4v) is 3.15. The number of para-hydroxylation sites is 1. The minimum absolute atomic E-state index is 0.158. The zero-order valence-electron chi connectivity index (χ0n) is 14.1. The molecule has 4 rings (SSSR count). The number of pyridine rings is 1. The molecule has 2 N–H and O–H groups in total. The molecule has 1 aliphatic heterocycles. The van der Waals surface area contributed by atoms with Gasteiger partial charge < -0.3 is 15.2 Å². The molecular formula is C18H20N6O. The summed E-state index contributed by atoms with van der Waals surface area (Å²) in [6, 6.07) is 9.39. The Morgan fingerprint density at radius 3 is 3.08 bits per heavy atom. The van der Waals surface area contributed by atoms with E-state index in [9.17, 15) is 4.79 Å². The van der Waals surface area contributed by atoms with Crippen molar-refractivity contribution in [3.05, 3.63) is 53.7 Å². The molecule has 1 amide bonds. The number of amides is 1. The summed E-state index contributed by atoms with van der Waals surface area (Å²) in [5.41, 5.74) is 1.42. The van der Waals surface area contributed by atoms with Gasteiger partial charge in [-0.1, -0.05) is 18.2 Å². The Balaban J connectivity index is 1.54. The Labute approximate surface area is 145 Å². The van der Waals surface area contributed by atoms with Crippen molar-refractivity contribution >= 4 is 16.8 Å². The van der Waals surface area contributed by atoms with E-state index in [1.54, 1.807) is 6.20 Å². The van der Waals surface area contributed by atoms with Crippen molar-refractivity contribution in [2.24, 2.45) is 0 Å². The van der Waals surface area contributed by atoms with Crippen LogP contribution in [0.3, 0.4) is 0 Å². The van der Waals surface area contributed by atoms with Crippen LogP contribution in [0.1, 0.15) is 35.0 Å². The molecule has 7 nitrogen and oxygen atoms in total. The normalized spacial score (nSPS) is 15.4. The van der Waals surface area contributed by atoms with Gasteiger partial charge in [-0.15, -0.1) is 10.2 Å². The second kappa shape index (κ2) is 6.60. The summed E-state index contributed by atoms with van der Waals surface area (Å²) in [6.07, 6.45) is 2.46. The maximum absolute atomic E-state index is 12.6. The molecule has 1 aromatic carbocycles. The van der Waals surface area contributed by atoms with Gasteiger partial charge in [-0.2, -0.15) is 0 Å². The molecule has 7 heteroatoms. The zero-order chi connectivity index (χ0) is 17.2. The number of nitrogens with one attached hydrogen (secondary N) is 2. The second-order valence-corrected chi connectivity index (χ2v) is 6.24. The first kappa shape index (κ1) is 15.7. The lowest BCUT2D eigenvalue weighted by Crippen LogP contribution is -2.29. The number of carbonyl (C=O) groups excluding carboxylic acids is 1. The van der Waals surface area contributed by atoms with Crippen molar-refractivity contribution < 1.29 is 4.79 Å². The van der Waals surface area contributed by atoms with Crippen LogP contribution in [0, 0.1) is 0 Å². The van der Waals surface area contributed by atoms with Gasteiger partial charge >= 0.3 is 0 Å². The minimum atomic E-state index is -0.224. The number of hydrogen-bond donors (Lipinski definition) is 2. The van der Waals surface area contributed by atoms with Gasteiger partial charge in [-0.25, -0.2) is 0 Å². The monoisotopic (exact) mass is 336 g/mol. The topological polar surface area (TPSA) is 84.7 Å². The average Bonchev–Trinajstić information content (AvgIpc) is 2.90. The van der Waals surface area contributed by atoms with E-state index in [0.717, 1.165) is 48.6 Å². The Kier molecular flexibility index (Phi) is 4.15. The number of rotatable bonds is 3. The molecule has 0 radical (unpaired) electrons. The summed E-state index contributed by atoms with van der Waals surface area (Å²) in [7, 11) is 0.